The van der Waals surface area contributed by atoms with Crippen LogP contribution >= 0.6 is 0 Å². The van der Waals surface area contributed by atoms with Gasteiger partial charge in [0.15, 0.2) is 17.2 Å². The van der Waals surface area contributed by atoms with Crippen molar-refractivity contribution in [3.8, 4) is 5.75 Å². The minimum absolute atomic E-state index is 0.0279. The molecule has 202 valence electrons. The van der Waals surface area contributed by atoms with Crippen LogP contribution in [0.3, 0.4) is 0 Å². The third-order valence-electron chi connectivity index (χ3n) is 7.49. The van der Waals surface area contributed by atoms with Crippen molar-refractivity contribution in [3.05, 3.63) is 45.7 Å². The van der Waals surface area contributed by atoms with Gasteiger partial charge in [-0.3, -0.25) is 28.9 Å². The maximum absolute atomic E-state index is 13.8. The Hall–Kier alpha value is -4.07. The number of ketones is 3. The van der Waals surface area contributed by atoms with Crippen molar-refractivity contribution < 1.29 is 44.4 Å². The summed E-state index contributed by atoms with van der Waals surface area (Å²) in [5.41, 5.74) is 6.59. The topological polar surface area (TPSA) is 234 Å². The van der Waals surface area contributed by atoms with Crippen LogP contribution in [0.15, 0.2) is 29.0 Å². The van der Waals surface area contributed by atoms with Crippen molar-refractivity contribution >= 4 is 34.9 Å². The average Bonchev–Trinajstić information content (AvgIpc) is 2.80. The first-order chi connectivity index (χ1) is 17.7. The molecule has 1 saturated carbocycles. The van der Waals surface area contributed by atoms with Crippen LogP contribution in [0.25, 0.3) is 5.76 Å². The second-order valence-electron chi connectivity index (χ2n) is 9.94. The van der Waals surface area contributed by atoms with Gasteiger partial charge in [-0.05, 0) is 50.6 Å². The number of aliphatic hydroxyl groups is 3. The van der Waals surface area contributed by atoms with Gasteiger partial charge >= 0.3 is 0 Å². The van der Waals surface area contributed by atoms with Crippen LogP contribution in [0, 0.1) is 11.8 Å². The lowest BCUT2D eigenvalue weighted by atomic mass is 9.57. The van der Waals surface area contributed by atoms with Crippen LogP contribution in [0.5, 0.6) is 5.75 Å². The molecule has 0 bridgehead atoms. The second kappa shape index (κ2) is 9.35. The predicted octanol–water partition coefficient (Wildman–Crippen LogP) is -1.78. The lowest BCUT2D eigenvalue weighted by Gasteiger charge is -2.50. The van der Waals surface area contributed by atoms with Crippen LogP contribution in [-0.4, -0.2) is 93.3 Å². The maximum Gasteiger partial charge on any atom is 0.255 e. The second-order valence-corrected chi connectivity index (χ2v) is 9.94. The average molecular weight is 529 g/mol. The number of aromatic hydroxyl groups is 1. The van der Waals surface area contributed by atoms with Gasteiger partial charge in [0.1, 0.15) is 22.8 Å². The molecule has 0 spiro atoms. The van der Waals surface area contributed by atoms with Crippen LogP contribution in [0.1, 0.15) is 27.9 Å². The fraction of sp³-hybridized carbons (Fsp3) is 0.400. The highest BCUT2D eigenvalue weighted by molar-refractivity contribution is 6.24. The van der Waals surface area contributed by atoms with Crippen molar-refractivity contribution in [3.63, 3.8) is 0 Å². The molecule has 1 fully saturated rings. The van der Waals surface area contributed by atoms with E-state index in [1.165, 1.54) is 25.1 Å². The lowest BCUT2D eigenvalue weighted by Crippen LogP contribution is -2.65. The number of hydrogen-bond donors (Lipinski definition) is 7. The molecule has 4 atom stereocenters. The summed E-state index contributed by atoms with van der Waals surface area (Å²) in [6.45, 7) is -0.516. The fourth-order valence-electron chi connectivity index (χ4n) is 5.90. The maximum atomic E-state index is 13.8. The minimum Gasteiger partial charge on any atom is -0.508 e. The molecular weight excluding hydrogens is 500 g/mol. The third kappa shape index (κ3) is 3.86. The van der Waals surface area contributed by atoms with Crippen molar-refractivity contribution in [2.24, 2.45) is 23.3 Å². The van der Waals surface area contributed by atoms with Gasteiger partial charge in [0.25, 0.3) is 5.91 Å². The van der Waals surface area contributed by atoms with Gasteiger partial charge in [0.05, 0.1) is 24.7 Å². The molecule has 1 aromatic carbocycles. The molecule has 0 aromatic heterocycles. The summed E-state index contributed by atoms with van der Waals surface area (Å²) in [5, 5.41) is 46.8. The van der Waals surface area contributed by atoms with Gasteiger partial charge in [-0.1, -0.05) is 0 Å². The molecule has 13 nitrogen and oxygen atoms in total. The van der Waals surface area contributed by atoms with Gasteiger partial charge in [0, 0.05) is 17.1 Å². The number of phenolic OH excluding ortho intramolecular Hbond substituents is 1. The standard InChI is InChI=1S/C25H28N4O9/c1-29(2)19-12-6-9-5-11-10(14(31)7-28-8-15(26)32)3-4-13(30)17(11)20(33)16(9)22(35)25(12,38)23(36)18(21(19)34)24(27)37/h3-4,9,12,19,28,30,33,36,38H,5-8H2,1-2H3,(H2,26,32)(H2,27,37)/t9-,12-,19-,25-/m0/s1. The number of nitrogens with one attached hydrogen (secondary N) is 1. The zero-order valence-electron chi connectivity index (χ0n) is 20.6. The van der Waals surface area contributed by atoms with Crippen LogP contribution in [0.2, 0.25) is 0 Å². The highest BCUT2D eigenvalue weighted by Gasteiger charge is 2.64. The molecule has 3 aliphatic rings. The van der Waals surface area contributed by atoms with Crippen molar-refractivity contribution in [2.45, 2.75) is 24.5 Å². The summed E-state index contributed by atoms with van der Waals surface area (Å²) in [6.07, 6.45) is -0.130. The molecule has 38 heavy (non-hydrogen) atoms. The Morgan fingerprint density at radius 1 is 1.11 bits per heavy atom. The number of carbonyl (C=O) groups is 5. The van der Waals surface area contributed by atoms with Gasteiger partial charge in [-0.15, -0.1) is 0 Å². The number of amides is 2. The molecule has 0 aliphatic heterocycles. The molecule has 0 saturated heterocycles. The molecule has 0 radical (unpaired) electrons. The summed E-state index contributed by atoms with van der Waals surface area (Å²) >= 11 is 0. The van der Waals surface area contributed by atoms with E-state index in [1.54, 1.807) is 0 Å². The lowest BCUT2D eigenvalue weighted by molar-refractivity contribution is -0.153. The van der Waals surface area contributed by atoms with E-state index in [9.17, 15) is 44.4 Å². The van der Waals surface area contributed by atoms with Crippen molar-refractivity contribution in [2.75, 3.05) is 27.2 Å². The monoisotopic (exact) mass is 528 g/mol. The molecule has 1 aromatic rings. The number of hydrogen-bond acceptors (Lipinski definition) is 11. The number of likely N-dealkylation sites (N-methyl/N-ethyl adjacent to an activating group) is 1. The number of fused-ring (bicyclic) bond motifs is 3. The first-order valence-corrected chi connectivity index (χ1v) is 11.7. The Labute approximate surface area is 216 Å². The van der Waals surface area contributed by atoms with E-state index in [1.807, 2.05) is 0 Å². The first-order valence-electron chi connectivity index (χ1n) is 11.7. The Kier molecular flexibility index (Phi) is 6.64. The number of Topliss-reactive ketones (excluding diaryl/α,β-unsaturated/α-hetero) is 3. The predicted molar refractivity (Wildman–Crippen MR) is 131 cm³/mol. The summed E-state index contributed by atoms with van der Waals surface area (Å²) < 4.78 is 0. The summed E-state index contributed by atoms with van der Waals surface area (Å²) in [6, 6.07) is 1.30. The van der Waals surface area contributed by atoms with Crippen LogP contribution in [0.4, 0.5) is 0 Å². The number of nitrogens with two attached hydrogens (primary N) is 2. The normalized spacial score (nSPS) is 26.7. The van der Waals surface area contributed by atoms with Crippen molar-refractivity contribution in [1.82, 2.24) is 10.2 Å². The number of carbonyl (C=O) groups excluding carboxylic acids is 5. The molecule has 13 heteroatoms. The van der Waals surface area contributed by atoms with E-state index in [-0.39, 0.29) is 48.2 Å². The van der Waals surface area contributed by atoms with E-state index in [4.69, 9.17) is 11.5 Å². The fourth-order valence-corrected chi connectivity index (χ4v) is 5.90. The van der Waals surface area contributed by atoms with E-state index < -0.39 is 75.5 Å². The van der Waals surface area contributed by atoms with Gasteiger partial charge < -0.3 is 37.2 Å². The molecule has 0 unspecified atom stereocenters. The van der Waals surface area contributed by atoms with E-state index in [0.717, 1.165) is 6.07 Å². The van der Waals surface area contributed by atoms with E-state index in [2.05, 4.69) is 5.32 Å². The molecule has 2 amide bonds. The summed E-state index contributed by atoms with van der Waals surface area (Å²) in [4.78, 5) is 64.2. The number of benzene rings is 1. The molecule has 3 aliphatic carbocycles. The molecular formula is C25H28N4O9. The smallest absolute Gasteiger partial charge is 0.255 e. The van der Waals surface area contributed by atoms with Crippen molar-refractivity contribution in [1.29, 1.82) is 0 Å². The van der Waals surface area contributed by atoms with Crippen LogP contribution < -0.4 is 16.8 Å². The summed E-state index contributed by atoms with van der Waals surface area (Å²) in [5.74, 6) is -8.81. The number of aliphatic hydroxyl groups excluding tert-OH is 2. The SMILES string of the molecule is CN(C)[C@@H]1C(=O)C(C(N)=O)=C(O)[C@@]2(O)C(=O)C3=C(O)c4c(O)ccc(C(=O)CNCC(N)=O)c4C[C@H]3C[C@@H]12. The number of rotatable bonds is 7. The Morgan fingerprint density at radius 3 is 2.34 bits per heavy atom. The number of phenols is 1. The molecule has 9 N–H and O–H groups in total. The Balaban J connectivity index is 1.87. The number of primary amides is 2. The highest BCUT2D eigenvalue weighted by Crippen LogP contribution is 2.52. The molecule has 4 rings (SSSR count). The van der Waals surface area contributed by atoms with E-state index >= 15 is 0 Å². The Morgan fingerprint density at radius 2 is 1.76 bits per heavy atom. The zero-order valence-corrected chi connectivity index (χ0v) is 20.6. The summed E-state index contributed by atoms with van der Waals surface area (Å²) in [7, 11) is 3.00. The number of nitrogens with zero attached hydrogens (tertiary/aromatic N) is 1. The van der Waals surface area contributed by atoms with Gasteiger partial charge in [-0.25, -0.2) is 0 Å². The van der Waals surface area contributed by atoms with Gasteiger partial charge in [-0.2, -0.15) is 0 Å². The van der Waals surface area contributed by atoms with Crippen LogP contribution in [-0.2, 0) is 25.6 Å². The zero-order chi connectivity index (χ0) is 28.3. The first kappa shape index (κ1) is 27.0. The largest absolute Gasteiger partial charge is 0.508 e. The molecule has 0 heterocycles. The Bertz CT molecular complexity index is 1360. The third-order valence-corrected chi connectivity index (χ3v) is 7.49. The minimum atomic E-state index is -2.74. The highest BCUT2D eigenvalue weighted by atomic mass is 16.3. The quantitative estimate of drug-likeness (QED) is 0.154. The van der Waals surface area contributed by atoms with E-state index in [0.29, 0.717) is 0 Å². The van der Waals surface area contributed by atoms with Gasteiger partial charge in [0.2, 0.25) is 11.7 Å².